The summed E-state index contributed by atoms with van der Waals surface area (Å²) in [6, 6.07) is 0. The summed E-state index contributed by atoms with van der Waals surface area (Å²) in [6.45, 7) is 6.82. The van der Waals surface area contributed by atoms with E-state index in [0.717, 1.165) is 58.8 Å². The summed E-state index contributed by atoms with van der Waals surface area (Å²) in [4.78, 5) is 18.5. The fraction of sp³-hybridized carbons (Fsp3) is 0.750. The van der Waals surface area contributed by atoms with E-state index in [-0.39, 0.29) is 11.3 Å². The van der Waals surface area contributed by atoms with Gasteiger partial charge in [-0.25, -0.2) is 4.98 Å². The molecule has 6 heteroatoms. The van der Waals surface area contributed by atoms with Gasteiger partial charge in [-0.3, -0.25) is 4.79 Å². The second-order valence-corrected chi connectivity index (χ2v) is 6.93. The summed E-state index contributed by atoms with van der Waals surface area (Å²) < 4.78 is 11.3. The van der Waals surface area contributed by atoms with E-state index in [1.807, 2.05) is 17.2 Å². The molecule has 2 saturated heterocycles. The molecule has 22 heavy (non-hydrogen) atoms. The normalized spacial score (nSPS) is 24.6. The number of rotatable bonds is 4. The minimum absolute atomic E-state index is 0.0736. The van der Waals surface area contributed by atoms with Crippen LogP contribution in [0, 0.1) is 11.3 Å². The Labute approximate surface area is 135 Å². The molecule has 1 amide bonds. The van der Waals surface area contributed by atoms with Gasteiger partial charge in [0.1, 0.15) is 5.69 Å². The van der Waals surface area contributed by atoms with Crippen molar-refractivity contribution in [2.24, 2.45) is 11.3 Å². The van der Waals surface area contributed by atoms with Gasteiger partial charge >= 0.3 is 0 Å². The molecule has 122 valence electrons. The lowest BCUT2D eigenvalue weighted by molar-refractivity contribution is -0.0956. The lowest BCUT2D eigenvalue weighted by Crippen LogP contribution is -2.50. The number of nitrogens with zero attached hydrogens (tertiary/aromatic N) is 2. The van der Waals surface area contributed by atoms with Crippen molar-refractivity contribution in [1.29, 1.82) is 0 Å². The van der Waals surface area contributed by atoms with Crippen LogP contribution in [0.1, 0.15) is 36.7 Å². The summed E-state index contributed by atoms with van der Waals surface area (Å²) in [7, 11) is 0. The van der Waals surface area contributed by atoms with Gasteiger partial charge in [0.25, 0.3) is 5.91 Å². The van der Waals surface area contributed by atoms with E-state index >= 15 is 0 Å². The maximum atomic E-state index is 12.4. The van der Waals surface area contributed by atoms with Crippen LogP contribution in [0.25, 0.3) is 0 Å². The number of hydrogen-bond acceptors (Lipinski definition) is 5. The van der Waals surface area contributed by atoms with Crippen molar-refractivity contribution in [2.75, 3.05) is 39.5 Å². The van der Waals surface area contributed by atoms with Crippen LogP contribution in [-0.2, 0) is 9.47 Å². The van der Waals surface area contributed by atoms with Gasteiger partial charge in [-0.1, -0.05) is 0 Å². The Kier molecular flexibility index (Phi) is 5.10. The number of amides is 1. The first-order valence-corrected chi connectivity index (χ1v) is 9.02. The number of ether oxygens (including phenoxy) is 2. The molecule has 2 aliphatic heterocycles. The van der Waals surface area contributed by atoms with Crippen LogP contribution < -0.4 is 0 Å². The van der Waals surface area contributed by atoms with Crippen LogP contribution in [0.3, 0.4) is 0 Å². The van der Waals surface area contributed by atoms with E-state index in [0.29, 0.717) is 11.6 Å². The number of carbonyl (C=O) groups is 1. The summed E-state index contributed by atoms with van der Waals surface area (Å²) in [5.74, 6) is 0.530. The summed E-state index contributed by atoms with van der Waals surface area (Å²) in [5.41, 5.74) is 2.58. The van der Waals surface area contributed by atoms with Crippen molar-refractivity contribution < 1.29 is 14.3 Å². The summed E-state index contributed by atoms with van der Waals surface area (Å²) in [5, 5.41) is 1.83. The second-order valence-electron chi connectivity index (χ2n) is 6.21. The van der Waals surface area contributed by atoms with E-state index in [1.165, 1.54) is 11.3 Å². The van der Waals surface area contributed by atoms with Crippen molar-refractivity contribution in [3.63, 3.8) is 0 Å². The smallest absolute Gasteiger partial charge is 0.273 e. The van der Waals surface area contributed by atoms with Crippen molar-refractivity contribution in [3.05, 3.63) is 16.6 Å². The summed E-state index contributed by atoms with van der Waals surface area (Å²) >= 11 is 1.47. The Hall–Kier alpha value is -0.980. The Morgan fingerprint density at radius 3 is 3.00 bits per heavy atom. The number of aromatic nitrogens is 1. The molecule has 0 radical (unpaired) electrons. The highest BCUT2D eigenvalue weighted by Crippen LogP contribution is 2.45. The van der Waals surface area contributed by atoms with Crippen molar-refractivity contribution in [1.82, 2.24) is 9.88 Å². The molecule has 5 nitrogen and oxygen atoms in total. The molecule has 1 spiro atoms. The fourth-order valence-corrected chi connectivity index (χ4v) is 4.19. The number of thiazole rings is 1. The number of piperidine rings is 1. The quantitative estimate of drug-likeness (QED) is 0.853. The standard InChI is InChI=1S/C16H24N2O3S/c1-2-20-9-13-10-21-8-5-16(13)3-6-18(7-4-16)15(19)14-11-22-12-17-14/h11-13H,2-10H2,1H3. The molecule has 2 fully saturated rings. The molecule has 1 aromatic heterocycles. The van der Waals surface area contributed by atoms with Gasteiger partial charge in [0.15, 0.2) is 0 Å². The van der Waals surface area contributed by atoms with E-state index in [2.05, 4.69) is 4.98 Å². The molecular weight excluding hydrogens is 300 g/mol. The Balaban J connectivity index is 1.62. The molecule has 0 aliphatic carbocycles. The largest absolute Gasteiger partial charge is 0.381 e. The van der Waals surface area contributed by atoms with E-state index < -0.39 is 0 Å². The van der Waals surface area contributed by atoms with E-state index in [1.54, 1.807) is 5.51 Å². The van der Waals surface area contributed by atoms with Crippen LogP contribution in [0.15, 0.2) is 10.9 Å². The third-order valence-corrected chi connectivity index (χ3v) is 5.74. The zero-order chi connectivity index (χ0) is 15.4. The average Bonchev–Trinajstić information content (AvgIpc) is 3.09. The maximum absolute atomic E-state index is 12.4. The SMILES string of the molecule is CCOCC1COCCC12CCN(C(=O)c1cscn1)CC2. The topological polar surface area (TPSA) is 51.7 Å². The first kappa shape index (κ1) is 15.9. The molecule has 3 rings (SSSR count). The predicted octanol–water partition coefficient (Wildman–Crippen LogP) is 2.44. The van der Waals surface area contributed by atoms with Gasteiger partial charge in [0, 0.05) is 37.6 Å². The van der Waals surface area contributed by atoms with Crippen molar-refractivity contribution in [2.45, 2.75) is 26.2 Å². The van der Waals surface area contributed by atoms with Crippen LogP contribution in [0.2, 0.25) is 0 Å². The maximum Gasteiger partial charge on any atom is 0.273 e. The molecule has 1 aromatic rings. The van der Waals surface area contributed by atoms with Gasteiger partial charge in [0.05, 0.1) is 18.7 Å². The van der Waals surface area contributed by atoms with E-state index in [9.17, 15) is 4.79 Å². The number of carbonyl (C=O) groups excluding carboxylic acids is 1. The van der Waals surface area contributed by atoms with Crippen LogP contribution >= 0.6 is 11.3 Å². The zero-order valence-electron chi connectivity index (χ0n) is 13.1. The zero-order valence-corrected chi connectivity index (χ0v) is 13.9. The molecule has 0 saturated carbocycles. The van der Waals surface area contributed by atoms with Crippen molar-refractivity contribution in [3.8, 4) is 0 Å². The highest BCUT2D eigenvalue weighted by Gasteiger charge is 2.44. The average molecular weight is 324 g/mol. The molecule has 0 N–H and O–H groups in total. The minimum Gasteiger partial charge on any atom is -0.381 e. The minimum atomic E-state index is 0.0736. The Morgan fingerprint density at radius 2 is 2.32 bits per heavy atom. The molecule has 2 aliphatic rings. The Morgan fingerprint density at radius 1 is 1.50 bits per heavy atom. The van der Waals surface area contributed by atoms with Crippen LogP contribution in [0.5, 0.6) is 0 Å². The molecular formula is C16H24N2O3S. The van der Waals surface area contributed by atoms with Crippen LogP contribution in [-0.4, -0.2) is 55.3 Å². The van der Waals surface area contributed by atoms with E-state index in [4.69, 9.17) is 9.47 Å². The van der Waals surface area contributed by atoms with Gasteiger partial charge in [-0.2, -0.15) is 0 Å². The van der Waals surface area contributed by atoms with Gasteiger partial charge < -0.3 is 14.4 Å². The third kappa shape index (κ3) is 3.19. The fourth-order valence-electron chi connectivity index (χ4n) is 3.66. The number of hydrogen-bond donors (Lipinski definition) is 0. The second kappa shape index (κ2) is 7.06. The first-order chi connectivity index (χ1) is 10.7. The first-order valence-electron chi connectivity index (χ1n) is 8.08. The van der Waals surface area contributed by atoms with Gasteiger partial charge in [0.2, 0.25) is 0 Å². The molecule has 1 unspecified atom stereocenters. The van der Waals surface area contributed by atoms with Gasteiger partial charge in [-0.05, 0) is 31.6 Å². The highest BCUT2D eigenvalue weighted by molar-refractivity contribution is 7.07. The highest BCUT2D eigenvalue weighted by atomic mass is 32.1. The Bertz CT molecular complexity index is 484. The summed E-state index contributed by atoms with van der Waals surface area (Å²) in [6.07, 6.45) is 3.18. The molecule has 0 aromatic carbocycles. The monoisotopic (exact) mass is 324 g/mol. The van der Waals surface area contributed by atoms with Crippen LogP contribution in [0.4, 0.5) is 0 Å². The third-order valence-electron chi connectivity index (χ3n) is 5.15. The molecule has 1 atom stereocenters. The lowest BCUT2D eigenvalue weighted by Gasteiger charge is -2.48. The number of likely N-dealkylation sites (tertiary alicyclic amines) is 1. The molecule has 3 heterocycles. The van der Waals surface area contributed by atoms with Gasteiger partial charge in [-0.15, -0.1) is 11.3 Å². The predicted molar refractivity (Wildman–Crippen MR) is 85.1 cm³/mol. The lowest BCUT2D eigenvalue weighted by atomic mass is 9.66. The van der Waals surface area contributed by atoms with Crippen molar-refractivity contribution >= 4 is 17.2 Å². The molecule has 0 bridgehead atoms.